The summed E-state index contributed by atoms with van der Waals surface area (Å²) in [6, 6.07) is 22.3. The molecule has 2 N–H and O–H groups in total. The number of hydrogen-bond donors (Lipinski definition) is 1. The van der Waals surface area contributed by atoms with Gasteiger partial charge in [-0.15, -0.1) is 0 Å². The minimum atomic E-state index is -0.479. The smallest absolute Gasteiger partial charge is 0.315 e. The number of ether oxygens (including phenoxy) is 4. The Bertz CT molecular complexity index is 1310. The average molecular weight is 485 g/mol. The zero-order chi connectivity index (χ0) is 25.5. The number of carbonyl (C=O) groups excluding carboxylic acids is 1. The molecular formula is C29H28N2O5. The highest BCUT2D eigenvalue weighted by Gasteiger charge is 2.31. The number of nitrogens with zero attached hydrogens (tertiary/aromatic N) is 1. The van der Waals surface area contributed by atoms with Crippen LogP contribution in [0.5, 0.6) is 23.0 Å². The minimum Gasteiger partial charge on any atom is -0.490 e. The van der Waals surface area contributed by atoms with Crippen LogP contribution in [0.15, 0.2) is 78.2 Å². The summed E-state index contributed by atoms with van der Waals surface area (Å²) in [7, 11) is 0. The Kier molecular flexibility index (Phi) is 7.76. The van der Waals surface area contributed by atoms with Crippen molar-refractivity contribution in [3.63, 3.8) is 0 Å². The van der Waals surface area contributed by atoms with E-state index in [0.29, 0.717) is 41.8 Å². The zero-order valence-corrected chi connectivity index (χ0v) is 20.3. The Hall–Kier alpha value is -4.44. The molecule has 1 unspecified atom stereocenters. The molecule has 0 spiro atoms. The van der Waals surface area contributed by atoms with E-state index in [4.69, 9.17) is 24.7 Å². The molecule has 1 aliphatic rings. The molecule has 0 saturated carbocycles. The third-order valence-corrected chi connectivity index (χ3v) is 5.68. The van der Waals surface area contributed by atoms with Crippen molar-refractivity contribution in [2.45, 2.75) is 32.6 Å². The van der Waals surface area contributed by atoms with Gasteiger partial charge in [0.05, 0.1) is 25.6 Å². The van der Waals surface area contributed by atoms with Crippen molar-refractivity contribution in [2.75, 3.05) is 13.2 Å². The van der Waals surface area contributed by atoms with Gasteiger partial charge in [-0.25, -0.2) is 0 Å². The van der Waals surface area contributed by atoms with Gasteiger partial charge >= 0.3 is 5.97 Å². The number of carbonyl (C=O) groups is 1. The number of nitrogens with two attached hydrogens (primary N) is 1. The van der Waals surface area contributed by atoms with Gasteiger partial charge in [0.15, 0.2) is 11.5 Å². The average Bonchev–Trinajstić information content (AvgIpc) is 2.87. The molecule has 36 heavy (non-hydrogen) atoms. The Morgan fingerprint density at radius 1 is 1.03 bits per heavy atom. The summed E-state index contributed by atoms with van der Waals surface area (Å²) in [5.41, 5.74) is 8.84. The van der Waals surface area contributed by atoms with E-state index in [0.717, 1.165) is 23.1 Å². The monoisotopic (exact) mass is 484 g/mol. The first kappa shape index (κ1) is 24.7. The van der Waals surface area contributed by atoms with Crippen molar-refractivity contribution in [1.29, 1.82) is 5.26 Å². The molecule has 0 fully saturated rings. The lowest BCUT2D eigenvalue weighted by Gasteiger charge is -2.27. The summed E-state index contributed by atoms with van der Waals surface area (Å²) in [5.74, 6) is 1.13. The normalized spacial score (nSPS) is 14.3. The van der Waals surface area contributed by atoms with Crippen LogP contribution in [0.1, 0.15) is 42.9 Å². The van der Waals surface area contributed by atoms with Crippen molar-refractivity contribution in [1.82, 2.24) is 0 Å². The first-order chi connectivity index (χ1) is 17.5. The van der Waals surface area contributed by atoms with Gasteiger partial charge in [0.1, 0.15) is 23.1 Å². The van der Waals surface area contributed by atoms with Gasteiger partial charge in [-0.05, 0) is 42.7 Å². The van der Waals surface area contributed by atoms with E-state index in [9.17, 15) is 10.1 Å². The minimum absolute atomic E-state index is 0.00651. The van der Waals surface area contributed by atoms with Crippen LogP contribution in [0.25, 0.3) is 0 Å². The summed E-state index contributed by atoms with van der Waals surface area (Å²) < 4.78 is 22.9. The zero-order valence-electron chi connectivity index (χ0n) is 20.3. The van der Waals surface area contributed by atoms with E-state index in [-0.39, 0.29) is 12.3 Å². The summed E-state index contributed by atoms with van der Waals surface area (Å²) in [4.78, 5) is 12.4. The van der Waals surface area contributed by atoms with Crippen LogP contribution in [0, 0.1) is 11.3 Å². The van der Waals surface area contributed by atoms with E-state index in [1.165, 1.54) is 0 Å². The number of allylic oxidation sites excluding steroid dienone is 1. The van der Waals surface area contributed by atoms with Crippen molar-refractivity contribution < 1.29 is 23.7 Å². The second-order valence-corrected chi connectivity index (χ2v) is 8.25. The maximum absolute atomic E-state index is 12.4. The molecule has 0 radical (unpaired) electrons. The molecule has 0 bridgehead atoms. The third-order valence-electron chi connectivity index (χ3n) is 5.68. The molecule has 0 aliphatic carbocycles. The summed E-state index contributed by atoms with van der Waals surface area (Å²) >= 11 is 0. The maximum atomic E-state index is 12.4. The fourth-order valence-corrected chi connectivity index (χ4v) is 4.08. The highest BCUT2D eigenvalue weighted by atomic mass is 16.5. The van der Waals surface area contributed by atoms with E-state index in [1.807, 2.05) is 62.4 Å². The van der Waals surface area contributed by atoms with Gasteiger partial charge < -0.3 is 24.7 Å². The number of hydrogen-bond acceptors (Lipinski definition) is 7. The Morgan fingerprint density at radius 3 is 2.56 bits per heavy atom. The van der Waals surface area contributed by atoms with Gasteiger partial charge in [-0.3, -0.25) is 4.79 Å². The third kappa shape index (κ3) is 5.44. The molecule has 4 rings (SSSR count). The van der Waals surface area contributed by atoms with E-state index < -0.39 is 11.9 Å². The topological polar surface area (TPSA) is 104 Å². The number of benzene rings is 3. The van der Waals surface area contributed by atoms with Crippen LogP contribution >= 0.6 is 0 Å². The summed E-state index contributed by atoms with van der Waals surface area (Å²) in [6.45, 7) is 4.98. The lowest BCUT2D eigenvalue weighted by Crippen LogP contribution is -2.21. The molecule has 0 aromatic heterocycles. The fraction of sp³-hybridized carbons (Fsp3) is 0.241. The van der Waals surface area contributed by atoms with Crippen LogP contribution in [-0.4, -0.2) is 19.2 Å². The van der Waals surface area contributed by atoms with Gasteiger partial charge in [-0.1, -0.05) is 49.4 Å². The molecule has 3 aromatic rings. The van der Waals surface area contributed by atoms with E-state index in [2.05, 4.69) is 6.07 Å². The lowest BCUT2D eigenvalue weighted by atomic mass is 9.83. The SMILES string of the molecule is CCCOc1ccc(C2C(C#N)=C(N)Oc3cc(OC(=O)Cc4ccccc4)ccc32)cc1OCC. The Morgan fingerprint density at radius 2 is 1.83 bits per heavy atom. The van der Waals surface area contributed by atoms with Crippen molar-refractivity contribution in [3.05, 3.63) is 94.9 Å². The molecule has 1 aliphatic heterocycles. The Balaban J connectivity index is 1.65. The van der Waals surface area contributed by atoms with E-state index in [1.54, 1.807) is 18.2 Å². The van der Waals surface area contributed by atoms with Crippen LogP contribution in [-0.2, 0) is 11.2 Å². The molecule has 1 atom stereocenters. The van der Waals surface area contributed by atoms with Crippen LogP contribution in [0.3, 0.4) is 0 Å². The highest BCUT2D eigenvalue weighted by molar-refractivity contribution is 5.75. The number of esters is 1. The number of nitriles is 1. The van der Waals surface area contributed by atoms with Crippen molar-refractivity contribution >= 4 is 5.97 Å². The second kappa shape index (κ2) is 11.3. The van der Waals surface area contributed by atoms with Crippen LogP contribution < -0.4 is 24.7 Å². The fourth-order valence-electron chi connectivity index (χ4n) is 4.08. The molecule has 3 aromatic carbocycles. The van der Waals surface area contributed by atoms with Crippen molar-refractivity contribution in [2.24, 2.45) is 5.73 Å². The van der Waals surface area contributed by atoms with Gasteiger partial charge in [0.25, 0.3) is 0 Å². The van der Waals surface area contributed by atoms with Gasteiger partial charge in [0.2, 0.25) is 5.88 Å². The molecule has 0 saturated heterocycles. The lowest BCUT2D eigenvalue weighted by molar-refractivity contribution is -0.133. The molecule has 184 valence electrons. The molecule has 7 nitrogen and oxygen atoms in total. The summed E-state index contributed by atoms with van der Waals surface area (Å²) in [6.07, 6.45) is 1.02. The molecule has 0 amide bonds. The summed E-state index contributed by atoms with van der Waals surface area (Å²) in [5, 5.41) is 9.88. The molecule has 7 heteroatoms. The van der Waals surface area contributed by atoms with Gasteiger partial charge in [0, 0.05) is 11.6 Å². The predicted octanol–water partition coefficient (Wildman–Crippen LogP) is 5.24. The van der Waals surface area contributed by atoms with Crippen LogP contribution in [0.4, 0.5) is 0 Å². The largest absolute Gasteiger partial charge is 0.490 e. The van der Waals surface area contributed by atoms with E-state index >= 15 is 0 Å². The predicted molar refractivity (Wildman–Crippen MR) is 135 cm³/mol. The van der Waals surface area contributed by atoms with Gasteiger partial charge in [-0.2, -0.15) is 5.26 Å². The first-order valence-corrected chi connectivity index (χ1v) is 11.9. The quantitative estimate of drug-likeness (QED) is 0.327. The highest BCUT2D eigenvalue weighted by Crippen LogP contribution is 2.45. The molecular weight excluding hydrogens is 456 g/mol. The number of fused-ring (bicyclic) bond motifs is 1. The standard InChI is InChI=1S/C29H28N2O5/c1-3-14-34-24-13-10-20(16-26(24)33-4-2)28-22-12-11-21(17-25(22)36-29(31)23(28)18-30)35-27(32)15-19-8-6-5-7-9-19/h5-13,16-17,28H,3-4,14-15,31H2,1-2H3. The number of rotatable bonds is 9. The first-order valence-electron chi connectivity index (χ1n) is 11.9. The second-order valence-electron chi connectivity index (χ2n) is 8.25. The molecule has 1 heterocycles. The maximum Gasteiger partial charge on any atom is 0.315 e. The van der Waals surface area contributed by atoms with Crippen LogP contribution in [0.2, 0.25) is 0 Å². The Labute approximate surface area is 210 Å². The van der Waals surface area contributed by atoms with Crippen molar-refractivity contribution in [3.8, 4) is 29.1 Å².